The summed E-state index contributed by atoms with van der Waals surface area (Å²) in [5, 5.41) is 3.09. The van der Waals surface area contributed by atoms with Crippen LogP contribution in [-0.4, -0.2) is 37.0 Å². The maximum atomic E-state index is 12.7. The van der Waals surface area contributed by atoms with Crippen LogP contribution >= 0.6 is 0 Å². The number of likely N-dealkylation sites (tertiary alicyclic amines) is 1. The average Bonchev–Trinajstić information content (AvgIpc) is 3.10. The lowest BCUT2D eigenvalue weighted by atomic mass is 9.97. The molecular formula is C22H30N2O3. The summed E-state index contributed by atoms with van der Waals surface area (Å²) >= 11 is 0. The summed E-state index contributed by atoms with van der Waals surface area (Å²) in [5.74, 6) is 3.21. The molecule has 3 rings (SSSR count). The first-order valence-corrected chi connectivity index (χ1v) is 9.88. The predicted molar refractivity (Wildman–Crippen MR) is 106 cm³/mol. The lowest BCUT2D eigenvalue weighted by Crippen LogP contribution is -2.41. The number of benzene rings is 1. The lowest BCUT2D eigenvalue weighted by molar-refractivity contribution is 0.0894. The number of amides is 1. The van der Waals surface area contributed by atoms with E-state index in [1.165, 1.54) is 12.8 Å². The molecule has 2 heterocycles. The molecule has 1 N–H and O–H groups in total. The third kappa shape index (κ3) is 5.13. The van der Waals surface area contributed by atoms with Gasteiger partial charge in [0.25, 0.3) is 5.91 Å². The molecule has 146 valence electrons. The molecule has 1 aliphatic rings. The number of furan rings is 1. The first-order chi connectivity index (χ1) is 13.1. The second kappa shape index (κ2) is 9.09. The number of piperidine rings is 1. The van der Waals surface area contributed by atoms with Crippen LogP contribution in [0, 0.1) is 12.8 Å². The zero-order chi connectivity index (χ0) is 19.2. The monoisotopic (exact) mass is 370 g/mol. The van der Waals surface area contributed by atoms with Crippen molar-refractivity contribution in [1.29, 1.82) is 0 Å². The van der Waals surface area contributed by atoms with Crippen LogP contribution in [0.4, 0.5) is 0 Å². The molecule has 1 amide bonds. The Balaban J connectivity index is 1.68. The zero-order valence-corrected chi connectivity index (χ0v) is 16.5. The lowest BCUT2D eigenvalue weighted by Gasteiger charge is -2.35. The molecule has 1 saturated heterocycles. The third-order valence-electron chi connectivity index (χ3n) is 5.21. The number of carbonyl (C=O) groups is 1. The SMILES string of the molecule is CCOc1cccc(C(=O)NC[C@H](c2ccc(C)o2)N2CCC(C)CC2)c1. The minimum atomic E-state index is -0.0878. The zero-order valence-electron chi connectivity index (χ0n) is 16.5. The van der Waals surface area contributed by atoms with Gasteiger partial charge in [0.05, 0.1) is 12.6 Å². The summed E-state index contributed by atoms with van der Waals surface area (Å²) in [6.07, 6.45) is 2.36. The molecule has 1 aromatic heterocycles. The summed E-state index contributed by atoms with van der Waals surface area (Å²) < 4.78 is 11.4. The summed E-state index contributed by atoms with van der Waals surface area (Å²) in [5.41, 5.74) is 0.614. The first-order valence-electron chi connectivity index (χ1n) is 9.88. The van der Waals surface area contributed by atoms with Crippen molar-refractivity contribution in [3.63, 3.8) is 0 Å². The van der Waals surface area contributed by atoms with E-state index < -0.39 is 0 Å². The van der Waals surface area contributed by atoms with Gasteiger partial charge >= 0.3 is 0 Å². The molecule has 5 nitrogen and oxygen atoms in total. The highest BCUT2D eigenvalue weighted by molar-refractivity contribution is 5.94. The average molecular weight is 370 g/mol. The van der Waals surface area contributed by atoms with E-state index in [1.54, 1.807) is 6.07 Å². The predicted octanol–water partition coefficient (Wildman–Crippen LogP) is 4.19. The van der Waals surface area contributed by atoms with E-state index in [0.29, 0.717) is 24.5 Å². The van der Waals surface area contributed by atoms with Gasteiger partial charge in [0, 0.05) is 12.1 Å². The molecular weight excluding hydrogens is 340 g/mol. The van der Waals surface area contributed by atoms with E-state index in [1.807, 2.05) is 44.2 Å². The fourth-order valence-corrected chi connectivity index (χ4v) is 3.57. The van der Waals surface area contributed by atoms with Crippen LogP contribution in [0.25, 0.3) is 0 Å². The summed E-state index contributed by atoms with van der Waals surface area (Å²) in [4.78, 5) is 15.1. The van der Waals surface area contributed by atoms with Crippen molar-refractivity contribution in [2.24, 2.45) is 5.92 Å². The van der Waals surface area contributed by atoms with Crippen molar-refractivity contribution < 1.29 is 13.9 Å². The van der Waals surface area contributed by atoms with Gasteiger partial charge < -0.3 is 14.5 Å². The quantitative estimate of drug-likeness (QED) is 0.794. The number of nitrogens with zero attached hydrogens (tertiary/aromatic N) is 1. The Morgan fingerprint density at radius 1 is 1.30 bits per heavy atom. The Hall–Kier alpha value is -2.27. The van der Waals surface area contributed by atoms with Gasteiger partial charge in [-0.25, -0.2) is 0 Å². The van der Waals surface area contributed by atoms with Crippen molar-refractivity contribution in [2.75, 3.05) is 26.2 Å². The van der Waals surface area contributed by atoms with Crippen molar-refractivity contribution in [1.82, 2.24) is 10.2 Å². The van der Waals surface area contributed by atoms with Crippen LogP contribution in [0.5, 0.6) is 5.75 Å². The number of hydrogen-bond acceptors (Lipinski definition) is 4. The minimum absolute atomic E-state index is 0.0604. The fourth-order valence-electron chi connectivity index (χ4n) is 3.57. The summed E-state index contributed by atoms with van der Waals surface area (Å²) in [6.45, 7) is 9.36. The van der Waals surface area contributed by atoms with Gasteiger partial charge in [-0.1, -0.05) is 13.0 Å². The standard InChI is InChI=1S/C22H30N2O3/c1-4-26-19-7-5-6-18(14-19)22(25)23-15-20(21-9-8-17(3)27-21)24-12-10-16(2)11-13-24/h5-9,14,16,20H,4,10-13,15H2,1-3H3,(H,23,25)/t20-/m1/s1. The van der Waals surface area contributed by atoms with Crippen molar-refractivity contribution in [3.8, 4) is 5.75 Å². The maximum absolute atomic E-state index is 12.7. The Labute approximate surface area is 161 Å². The van der Waals surface area contributed by atoms with E-state index in [4.69, 9.17) is 9.15 Å². The second-order valence-corrected chi connectivity index (χ2v) is 7.35. The van der Waals surface area contributed by atoms with E-state index in [2.05, 4.69) is 17.1 Å². The number of hydrogen-bond donors (Lipinski definition) is 1. The van der Waals surface area contributed by atoms with E-state index in [9.17, 15) is 4.79 Å². The van der Waals surface area contributed by atoms with Crippen LogP contribution in [0.3, 0.4) is 0 Å². The summed E-state index contributed by atoms with van der Waals surface area (Å²) in [6, 6.07) is 11.4. The van der Waals surface area contributed by atoms with Gasteiger partial charge in [-0.15, -0.1) is 0 Å². The Morgan fingerprint density at radius 2 is 2.07 bits per heavy atom. The normalized spacial score (nSPS) is 16.9. The van der Waals surface area contributed by atoms with Crippen molar-refractivity contribution in [3.05, 3.63) is 53.5 Å². The molecule has 0 spiro atoms. The second-order valence-electron chi connectivity index (χ2n) is 7.35. The number of aryl methyl sites for hydroxylation is 1. The molecule has 1 aromatic carbocycles. The van der Waals surface area contributed by atoms with Gasteiger partial charge in [0.2, 0.25) is 0 Å². The van der Waals surface area contributed by atoms with Gasteiger partial charge in [0.1, 0.15) is 17.3 Å². The smallest absolute Gasteiger partial charge is 0.251 e. The Kier molecular flexibility index (Phi) is 6.56. The molecule has 0 bridgehead atoms. The van der Waals surface area contributed by atoms with Gasteiger partial charge in [-0.05, 0) is 76.0 Å². The molecule has 0 radical (unpaired) electrons. The van der Waals surface area contributed by atoms with E-state index in [-0.39, 0.29) is 11.9 Å². The molecule has 0 aliphatic carbocycles. The molecule has 27 heavy (non-hydrogen) atoms. The van der Waals surface area contributed by atoms with Crippen molar-refractivity contribution in [2.45, 2.75) is 39.7 Å². The number of nitrogens with one attached hydrogen (secondary N) is 1. The Morgan fingerprint density at radius 3 is 2.74 bits per heavy atom. The first kappa shape index (κ1) is 19.5. The highest BCUT2D eigenvalue weighted by Crippen LogP contribution is 2.27. The third-order valence-corrected chi connectivity index (χ3v) is 5.21. The van der Waals surface area contributed by atoms with Crippen LogP contribution in [-0.2, 0) is 0 Å². The highest BCUT2D eigenvalue weighted by atomic mass is 16.5. The molecule has 1 atom stereocenters. The largest absolute Gasteiger partial charge is 0.494 e. The molecule has 1 fully saturated rings. The van der Waals surface area contributed by atoms with E-state index >= 15 is 0 Å². The van der Waals surface area contributed by atoms with Gasteiger partial charge in [-0.3, -0.25) is 9.69 Å². The van der Waals surface area contributed by atoms with Crippen LogP contribution in [0.15, 0.2) is 40.8 Å². The van der Waals surface area contributed by atoms with Crippen LogP contribution in [0.1, 0.15) is 54.6 Å². The molecule has 0 saturated carbocycles. The molecule has 1 aliphatic heterocycles. The molecule has 0 unspecified atom stereocenters. The van der Waals surface area contributed by atoms with Crippen LogP contribution in [0.2, 0.25) is 0 Å². The topological polar surface area (TPSA) is 54.7 Å². The minimum Gasteiger partial charge on any atom is -0.494 e. The van der Waals surface area contributed by atoms with Gasteiger partial charge in [0.15, 0.2) is 0 Å². The van der Waals surface area contributed by atoms with Gasteiger partial charge in [-0.2, -0.15) is 0 Å². The van der Waals surface area contributed by atoms with E-state index in [0.717, 1.165) is 30.5 Å². The maximum Gasteiger partial charge on any atom is 0.251 e. The highest BCUT2D eigenvalue weighted by Gasteiger charge is 2.27. The summed E-state index contributed by atoms with van der Waals surface area (Å²) in [7, 11) is 0. The number of ether oxygens (including phenoxy) is 1. The fraction of sp³-hybridized carbons (Fsp3) is 0.500. The Bertz CT molecular complexity index is 748. The van der Waals surface area contributed by atoms with Crippen LogP contribution < -0.4 is 10.1 Å². The molecule has 5 heteroatoms. The number of carbonyl (C=O) groups excluding carboxylic acids is 1. The number of rotatable bonds is 7. The molecule has 2 aromatic rings. The van der Waals surface area contributed by atoms with Crippen molar-refractivity contribution >= 4 is 5.91 Å².